The molecule has 0 spiro atoms. The van der Waals surface area contributed by atoms with Gasteiger partial charge in [-0.15, -0.1) is 0 Å². The first-order valence-electron chi connectivity index (χ1n) is 11.0. The van der Waals surface area contributed by atoms with Gasteiger partial charge in [-0.1, -0.05) is 35.3 Å². The largest absolute Gasteiger partial charge is 0.368 e. The third-order valence-electron chi connectivity index (χ3n) is 6.04. The molecule has 0 radical (unpaired) electrons. The molecule has 0 unspecified atom stereocenters. The number of hydrogen-bond donors (Lipinski definition) is 2. The minimum Gasteiger partial charge on any atom is -0.368 e. The van der Waals surface area contributed by atoms with Gasteiger partial charge in [0.2, 0.25) is 0 Å². The van der Waals surface area contributed by atoms with Crippen molar-refractivity contribution in [3.8, 4) is 6.07 Å². The fourth-order valence-corrected chi connectivity index (χ4v) is 4.65. The fourth-order valence-electron chi connectivity index (χ4n) is 4.23. The number of aromatic amines is 1. The maximum Gasteiger partial charge on any atom is 0.320 e. The fraction of sp³-hybridized carbons (Fsp3) is 0.333. The van der Waals surface area contributed by atoms with Crippen molar-refractivity contribution in [3.05, 3.63) is 58.1 Å². The summed E-state index contributed by atoms with van der Waals surface area (Å²) in [7, 11) is 0. The van der Waals surface area contributed by atoms with E-state index in [2.05, 4.69) is 20.9 Å². The van der Waals surface area contributed by atoms with Crippen LogP contribution in [0.4, 0.5) is 16.3 Å². The third kappa shape index (κ3) is 5.36. The molecule has 4 rings (SSSR count). The lowest BCUT2D eigenvalue weighted by molar-refractivity contribution is 0.249. The van der Waals surface area contributed by atoms with Crippen LogP contribution < -0.4 is 15.5 Å². The number of nitriles is 1. The van der Waals surface area contributed by atoms with E-state index in [0.717, 1.165) is 62.2 Å². The topological polar surface area (TPSA) is 92.4 Å². The summed E-state index contributed by atoms with van der Waals surface area (Å²) in [5.74, 6) is 0.652. The van der Waals surface area contributed by atoms with Gasteiger partial charge in [0, 0.05) is 43.6 Å². The molecule has 3 N–H and O–H groups in total. The van der Waals surface area contributed by atoms with Crippen LogP contribution in [-0.4, -0.2) is 55.2 Å². The van der Waals surface area contributed by atoms with Crippen molar-refractivity contribution in [1.29, 1.82) is 5.26 Å². The second kappa shape index (κ2) is 10.3. The number of fused-ring (bicyclic) bond motifs is 1. The predicted octanol–water partition coefficient (Wildman–Crippen LogP) is 4.83. The van der Waals surface area contributed by atoms with E-state index in [-0.39, 0.29) is 0 Å². The molecule has 3 aromatic rings. The Kier molecular flexibility index (Phi) is 7.29. The summed E-state index contributed by atoms with van der Waals surface area (Å²) in [6, 6.07) is 14.7. The van der Waals surface area contributed by atoms with E-state index in [0.29, 0.717) is 28.0 Å². The van der Waals surface area contributed by atoms with Crippen LogP contribution >= 0.6 is 23.2 Å². The van der Waals surface area contributed by atoms with Crippen LogP contribution in [0.2, 0.25) is 10.0 Å². The van der Waals surface area contributed by atoms with Gasteiger partial charge in [0.15, 0.2) is 0 Å². The van der Waals surface area contributed by atoms with Crippen molar-refractivity contribution in [2.45, 2.75) is 12.8 Å². The van der Waals surface area contributed by atoms with E-state index in [1.807, 2.05) is 24.3 Å². The molecule has 1 saturated heterocycles. The van der Waals surface area contributed by atoms with Crippen molar-refractivity contribution >= 4 is 51.6 Å². The van der Waals surface area contributed by atoms with Gasteiger partial charge in [0.05, 0.1) is 27.4 Å². The number of piperazine rings is 1. The van der Waals surface area contributed by atoms with Crippen LogP contribution in [0, 0.1) is 11.3 Å². The molecule has 1 aliphatic rings. The van der Waals surface area contributed by atoms with E-state index in [1.54, 1.807) is 23.1 Å². The van der Waals surface area contributed by atoms with E-state index in [1.165, 1.54) is 0 Å². The standard InChI is InChI=1S/C24H26Cl2N6O/c25-19-4-3-5-21(23(19)26)31-12-10-30(11-13-31)8-1-2-9-32(24(28)33)22-15-18-7-6-17(16-27)14-20(18)29-22/h3-7,14-15,29H,1-2,8-13H2,(H2,28,33). The number of amides is 2. The van der Waals surface area contributed by atoms with Crippen molar-refractivity contribution < 1.29 is 4.79 Å². The van der Waals surface area contributed by atoms with Gasteiger partial charge in [-0.2, -0.15) is 5.26 Å². The summed E-state index contributed by atoms with van der Waals surface area (Å²) in [5.41, 5.74) is 8.01. The lowest BCUT2D eigenvalue weighted by atomic mass is 10.2. The summed E-state index contributed by atoms with van der Waals surface area (Å²) in [4.78, 5) is 21.5. The minimum absolute atomic E-state index is 0.492. The van der Waals surface area contributed by atoms with Gasteiger partial charge in [0.1, 0.15) is 5.82 Å². The van der Waals surface area contributed by atoms with Crippen LogP contribution in [0.3, 0.4) is 0 Å². The molecule has 9 heteroatoms. The zero-order valence-electron chi connectivity index (χ0n) is 18.2. The molecule has 0 atom stereocenters. The van der Waals surface area contributed by atoms with Gasteiger partial charge in [0.25, 0.3) is 0 Å². The van der Waals surface area contributed by atoms with Gasteiger partial charge >= 0.3 is 6.03 Å². The molecule has 0 saturated carbocycles. The number of rotatable bonds is 7. The number of nitrogens with zero attached hydrogens (tertiary/aromatic N) is 4. The molecule has 0 bridgehead atoms. The Hall–Kier alpha value is -2.92. The maximum absolute atomic E-state index is 12.1. The first-order valence-corrected chi connectivity index (χ1v) is 11.7. The average molecular weight is 485 g/mol. The number of anilines is 2. The Bertz CT molecular complexity index is 1180. The Balaban J connectivity index is 1.27. The van der Waals surface area contributed by atoms with Crippen LogP contribution in [0.15, 0.2) is 42.5 Å². The van der Waals surface area contributed by atoms with E-state index in [4.69, 9.17) is 34.2 Å². The Morgan fingerprint density at radius 1 is 1.12 bits per heavy atom. The summed E-state index contributed by atoms with van der Waals surface area (Å²) in [6.07, 6.45) is 1.79. The van der Waals surface area contributed by atoms with Crippen LogP contribution in [0.25, 0.3) is 10.9 Å². The highest BCUT2D eigenvalue weighted by Crippen LogP contribution is 2.33. The van der Waals surface area contributed by atoms with Crippen molar-refractivity contribution in [1.82, 2.24) is 9.88 Å². The summed E-state index contributed by atoms with van der Waals surface area (Å²) >= 11 is 12.5. The summed E-state index contributed by atoms with van der Waals surface area (Å²) in [5, 5.41) is 11.2. The lowest BCUT2D eigenvalue weighted by Crippen LogP contribution is -2.46. The number of nitrogens with two attached hydrogens (primary N) is 1. The number of aromatic nitrogens is 1. The number of urea groups is 1. The molecule has 1 aliphatic heterocycles. The van der Waals surface area contributed by atoms with E-state index in [9.17, 15) is 4.79 Å². The van der Waals surface area contributed by atoms with Crippen molar-refractivity contribution in [2.75, 3.05) is 49.1 Å². The zero-order chi connectivity index (χ0) is 23.4. The lowest BCUT2D eigenvalue weighted by Gasteiger charge is -2.36. The van der Waals surface area contributed by atoms with Crippen molar-refractivity contribution in [3.63, 3.8) is 0 Å². The SMILES string of the molecule is N#Cc1ccc2cc(N(CCCCN3CCN(c4cccc(Cl)c4Cl)CC3)C(N)=O)[nH]c2c1. The minimum atomic E-state index is -0.492. The average Bonchev–Trinajstić information content (AvgIpc) is 3.23. The number of hydrogen-bond acceptors (Lipinski definition) is 4. The Morgan fingerprint density at radius 3 is 2.64 bits per heavy atom. The highest BCUT2D eigenvalue weighted by atomic mass is 35.5. The highest BCUT2D eigenvalue weighted by Gasteiger charge is 2.20. The second-order valence-electron chi connectivity index (χ2n) is 8.17. The molecule has 2 heterocycles. The molecule has 33 heavy (non-hydrogen) atoms. The van der Waals surface area contributed by atoms with Crippen LogP contribution in [0.5, 0.6) is 0 Å². The number of carbonyl (C=O) groups excluding carboxylic acids is 1. The molecular weight excluding hydrogens is 459 g/mol. The zero-order valence-corrected chi connectivity index (χ0v) is 19.7. The number of nitrogens with one attached hydrogen (secondary N) is 1. The third-order valence-corrected chi connectivity index (χ3v) is 6.85. The monoisotopic (exact) mass is 484 g/mol. The normalized spacial score (nSPS) is 14.4. The quantitative estimate of drug-likeness (QED) is 0.469. The highest BCUT2D eigenvalue weighted by molar-refractivity contribution is 6.43. The number of primary amides is 1. The summed E-state index contributed by atoms with van der Waals surface area (Å²) in [6.45, 7) is 5.19. The van der Waals surface area contributed by atoms with Gasteiger partial charge in [-0.05, 0) is 49.7 Å². The Labute approximate surface area is 203 Å². The molecule has 7 nitrogen and oxygen atoms in total. The van der Waals surface area contributed by atoms with Crippen LogP contribution in [0.1, 0.15) is 18.4 Å². The van der Waals surface area contributed by atoms with Gasteiger partial charge in [-0.25, -0.2) is 4.79 Å². The predicted molar refractivity (Wildman–Crippen MR) is 134 cm³/mol. The molecular formula is C24H26Cl2N6O. The first-order chi connectivity index (χ1) is 16.0. The number of H-pyrrole nitrogens is 1. The number of carbonyl (C=O) groups is 1. The smallest absolute Gasteiger partial charge is 0.320 e. The number of halogens is 2. The number of benzene rings is 2. The summed E-state index contributed by atoms with van der Waals surface area (Å²) < 4.78 is 0. The van der Waals surface area contributed by atoms with E-state index >= 15 is 0 Å². The first kappa shape index (κ1) is 23.2. The molecule has 2 amide bonds. The van der Waals surface area contributed by atoms with Gasteiger partial charge in [-0.3, -0.25) is 9.80 Å². The molecule has 1 fully saturated rings. The second-order valence-corrected chi connectivity index (χ2v) is 8.95. The van der Waals surface area contributed by atoms with Crippen molar-refractivity contribution in [2.24, 2.45) is 5.73 Å². The number of unbranched alkanes of at least 4 members (excludes halogenated alkanes) is 1. The molecule has 2 aromatic carbocycles. The molecule has 1 aromatic heterocycles. The van der Waals surface area contributed by atoms with Crippen LogP contribution in [-0.2, 0) is 0 Å². The molecule has 172 valence electrons. The van der Waals surface area contributed by atoms with Gasteiger partial charge < -0.3 is 15.6 Å². The molecule has 0 aliphatic carbocycles. The maximum atomic E-state index is 12.1. The van der Waals surface area contributed by atoms with E-state index < -0.39 is 6.03 Å². The Morgan fingerprint density at radius 2 is 1.91 bits per heavy atom.